The van der Waals surface area contributed by atoms with E-state index in [2.05, 4.69) is 10.6 Å². The van der Waals surface area contributed by atoms with Crippen molar-refractivity contribution in [3.63, 3.8) is 0 Å². The molecule has 0 atom stereocenters. The SMILES string of the molecule is CC(=O)Nc1cc(C)c(C=CS(=O)(=O)N2CCC3(CC2)N=C(C2CCCCC2)NC3=O)c(C)c1. The molecule has 1 aromatic rings. The second kappa shape index (κ2) is 9.62. The molecule has 1 saturated heterocycles. The van der Waals surface area contributed by atoms with Crippen molar-refractivity contribution in [2.24, 2.45) is 10.9 Å². The Morgan fingerprint density at radius 3 is 2.35 bits per heavy atom. The maximum atomic E-state index is 13.0. The van der Waals surface area contributed by atoms with Crippen molar-refractivity contribution in [3.05, 3.63) is 34.2 Å². The second-order valence-corrected chi connectivity index (χ2v) is 11.6. The molecule has 0 bridgehead atoms. The number of sulfonamides is 1. The highest BCUT2D eigenvalue weighted by atomic mass is 32.2. The molecule has 1 saturated carbocycles. The summed E-state index contributed by atoms with van der Waals surface area (Å²) in [5, 5.41) is 7.01. The third kappa shape index (κ3) is 5.10. The molecule has 2 N–H and O–H groups in total. The normalized spacial score (nSPS) is 21.6. The first-order chi connectivity index (χ1) is 16.1. The summed E-state index contributed by atoms with van der Waals surface area (Å²) in [6.07, 6.45) is 8.10. The predicted molar refractivity (Wildman–Crippen MR) is 134 cm³/mol. The van der Waals surface area contributed by atoms with E-state index in [4.69, 9.17) is 4.99 Å². The number of amidine groups is 1. The number of carbonyl (C=O) groups is 2. The van der Waals surface area contributed by atoms with Gasteiger partial charge in [-0.1, -0.05) is 19.3 Å². The van der Waals surface area contributed by atoms with Crippen LogP contribution in [0.3, 0.4) is 0 Å². The van der Waals surface area contributed by atoms with Crippen LogP contribution in [0.4, 0.5) is 5.69 Å². The van der Waals surface area contributed by atoms with E-state index in [-0.39, 0.29) is 24.9 Å². The van der Waals surface area contributed by atoms with Crippen molar-refractivity contribution in [1.82, 2.24) is 9.62 Å². The predicted octanol–water partition coefficient (Wildman–Crippen LogP) is 3.51. The molecule has 0 radical (unpaired) electrons. The number of amides is 2. The lowest BCUT2D eigenvalue weighted by Crippen LogP contribution is -2.50. The maximum Gasteiger partial charge on any atom is 0.253 e. The molecule has 9 heteroatoms. The van der Waals surface area contributed by atoms with Crippen LogP contribution >= 0.6 is 0 Å². The van der Waals surface area contributed by atoms with E-state index in [1.807, 2.05) is 26.0 Å². The number of rotatable bonds is 5. The highest BCUT2D eigenvalue weighted by molar-refractivity contribution is 7.92. The quantitative estimate of drug-likeness (QED) is 0.664. The Morgan fingerprint density at radius 2 is 1.76 bits per heavy atom. The molecule has 0 unspecified atom stereocenters. The average molecular weight is 487 g/mol. The summed E-state index contributed by atoms with van der Waals surface area (Å²) in [5.74, 6) is 0.907. The lowest BCUT2D eigenvalue weighted by molar-refractivity contribution is -0.125. The first-order valence-electron chi connectivity index (χ1n) is 12.1. The third-order valence-electron chi connectivity index (χ3n) is 7.22. The fourth-order valence-corrected chi connectivity index (χ4v) is 6.49. The van der Waals surface area contributed by atoms with E-state index in [0.29, 0.717) is 24.4 Å². The monoisotopic (exact) mass is 486 g/mol. The van der Waals surface area contributed by atoms with Gasteiger partial charge in [0, 0.05) is 37.0 Å². The van der Waals surface area contributed by atoms with Crippen molar-refractivity contribution in [1.29, 1.82) is 0 Å². The zero-order chi connectivity index (χ0) is 24.5. The van der Waals surface area contributed by atoms with Crippen LogP contribution in [0.15, 0.2) is 22.5 Å². The summed E-state index contributed by atoms with van der Waals surface area (Å²) in [6.45, 7) is 5.75. The van der Waals surface area contributed by atoms with Gasteiger partial charge >= 0.3 is 0 Å². The number of carbonyl (C=O) groups excluding carboxylic acids is 2. The first kappa shape index (κ1) is 24.6. The minimum Gasteiger partial charge on any atom is -0.326 e. The van der Waals surface area contributed by atoms with Gasteiger partial charge in [0.25, 0.3) is 5.91 Å². The van der Waals surface area contributed by atoms with E-state index >= 15 is 0 Å². The van der Waals surface area contributed by atoms with Crippen molar-refractivity contribution in [2.45, 2.75) is 71.3 Å². The number of nitrogens with zero attached hydrogens (tertiary/aromatic N) is 2. The van der Waals surface area contributed by atoms with Crippen molar-refractivity contribution in [2.75, 3.05) is 18.4 Å². The molecule has 8 nitrogen and oxygen atoms in total. The number of hydrogen-bond acceptors (Lipinski definition) is 5. The second-order valence-electron chi connectivity index (χ2n) is 9.77. The van der Waals surface area contributed by atoms with Gasteiger partial charge in [0.05, 0.1) is 0 Å². The van der Waals surface area contributed by atoms with Crippen LogP contribution in [0.1, 0.15) is 68.6 Å². The summed E-state index contributed by atoms with van der Waals surface area (Å²) in [4.78, 5) is 29.0. The van der Waals surface area contributed by atoms with Crippen molar-refractivity contribution < 1.29 is 18.0 Å². The van der Waals surface area contributed by atoms with Crippen LogP contribution in [0.2, 0.25) is 0 Å². The summed E-state index contributed by atoms with van der Waals surface area (Å²) in [6, 6.07) is 3.65. The van der Waals surface area contributed by atoms with Crippen LogP contribution < -0.4 is 10.6 Å². The van der Waals surface area contributed by atoms with Gasteiger partial charge in [-0.2, -0.15) is 4.31 Å². The van der Waals surface area contributed by atoms with Gasteiger partial charge in [-0.25, -0.2) is 8.42 Å². The van der Waals surface area contributed by atoms with Gasteiger partial charge < -0.3 is 10.6 Å². The number of nitrogens with one attached hydrogen (secondary N) is 2. The van der Waals surface area contributed by atoms with E-state index in [1.54, 1.807) is 6.08 Å². The Balaban J connectivity index is 1.44. The fourth-order valence-electron chi connectivity index (χ4n) is 5.31. The average Bonchev–Trinajstić information content (AvgIpc) is 3.09. The fraction of sp³-hybridized carbons (Fsp3) is 0.560. The summed E-state index contributed by atoms with van der Waals surface area (Å²) in [7, 11) is -3.64. The molecular weight excluding hydrogens is 452 g/mol. The van der Waals surface area contributed by atoms with E-state index < -0.39 is 15.6 Å². The number of aliphatic imine (C=N–C) groups is 1. The number of anilines is 1. The number of hydrogen-bond donors (Lipinski definition) is 2. The molecule has 1 aliphatic carbocycles. The van der Waals surface area contributed by atoms with E-state index in [1.165, 1.54) is 35.9 Å². The van der Waals surface area contributed by atoms with Gasteiger partial charge in [-0.3, -0.25) is 14.6 Å². The number of aryl methyl sites for hydroxylation is 2. The Morgan fingerprint density at radius 1 is 1.15 bits per heavy atom. The zero-order valence-electron chi connectivity index (χ0n) is 20.2. The Labute approximate surface area is 201 Å². The molecule has 2 amide bonds. The summed E-state index contributed by atoms with van der Waals surface area (Å²) in [5.41, 5.74) is 2.42. The van der Waals surface area contributed by atoms with Crippen LogP contribution in [-0.4, -0.2) is 49.0 Å². The van der Waals surface area contributed by atoms with Gasteiger partial charge in [0.2, 0.25) is 15.9 Å². The Kier molecular flexibility index (Phi) is 6.96. The van der Waals surface area contributed by atoms with Crippen molar-refractivity contribution >= 4 is 39.4 Å². The molecule has 3 aliphatic rings. The topological polar surface area (TPSA) is 108 Å². The summed E-state index contributed by atoms with van der Waals surface area (Å²) >= 11 is 0. The summed E-state index contributed by atoms with van der Waals surface area (Å²) < 4.78 is 27.5. The lowest BCUT2D eigenvalue weighted by Gasteiger charge is -2.34. The van der Waals surface area contributed by atoms with Gasteiger partial charge in [-0.05, 0) is 74.4 Å². The highest BCUT2D eigenvalue weighted by Crippen LogP contribution is 2.35. The molecule has 2 heterocycles. The minimum atomic E-state index is -3.64. The third-order valence-corrected chi connectivity index (χ3v) is 8.79. The van der Waals surface area contributed by atoms with Gasteiger partial charge in [0.15, 0.2) is 0 Å². The van der Waals surface area contributed by atoms with Crippen LogP contribution in [0.25, 0.3) is 6.08 Å². The molecule has 4 rings (SSSR count). The van der Waals surface area contributed by atoms with E-state index in [9.17, 15) is 18.0 Å². The molecule has 1 aromatic carbocycles. The maximum absolute atomic E-state index is 13.0. The largest absolute Gasteiger partial charge is 0.326 e. The highest BCUT2D eigenvalue weighted by Gasteiger charge is 2.48. The Bertz CT molecular complexity index is 1120. The minimum absolute atomic E-state index is 0.0776. The standard InChI is InChI=1S/C25H34N4O4S/c1-17-15-21(26-19(3)30)16-18(2)22(17)9-14-34(32,33)29-12-10-25(11-13-29)24(31)27-23(28-25)20-7-5-4-6-8-20/h9,14-16,20H,4-8,10-13H2,1-3H3,(H,26,30)(H,27,28,31). The number of piperidine rings is 1. The van der Waals surface area contributed by atoms with Crippen LogP contribution in [-0.2, 0) is 19.6 Å². The smallest absolute Gasteiger partial charge is 0.253 e. The molecule has 34 heavy (non-hydrogen) atoms. The first-order valence-corrected chi connectivity index (χ1v) is 13.6. The number of benzene rings is 1. The molecule has 1 spiro atoms. The Hall–Kier alpha value is -2.52. The molecule has 184 valence electrons. The lowest BCUT2D eigenvalue weighted by atomic mass is 9.88. The molecule has 0 aromatic heterocycles. The zero-order valence-corrected chi connectivity index (χ0v) is 21.0. The van der Waals surface area contributed by atoms with Crippen LogP contribution in [0, 0.1) is 19.8 Å². The van der Waals surface area contributed by atoms with Gasteiger partial charge in [-0.15, -0.1) is 0 Å². The van der Waals surface area contributed by atoms with E-state index in [0.717, 1.165) is 35.4 Å². The molecular formula is C25H34N4O4S. The molecule has 2 aliphatic heterocycles. The van der Waals surface area contributed by atoms with Gasteiger partial charge in [0.1, 0.15) is 11.4 Å². The van der Waals surface area contributed by atoms with Crippen LogP contribution in [0.5, 0.6) is 0 Å². The van der Waals surface area contributed by atoms with Crippen molar-refractivity contribution in [3.8, 4) is 0 Å². The molecule has 2 fully saturated rings.